The third-order valence-electron chi connectivity index (χ3n) is 3.92. The highest BCUT2D eigenvalue weighted by Gasteiger charge is 2.20. The number of hydrogen-bond acceptors (Lipinski definition) is 4. The van der Waals surface area contributed by atoms with E-state index in [0.29, 0.717) is 28.3 Å². The molecule has 1 aliphatic rings. The number of benzene rings is 1. The third-order valence-corrected chi connectivity index (χ3v) is 5.69. The zero-order valence-electron chi connectivity index (χ0n) is 12.9. The molecule has 2 rings (SSSR count). The molecule has 1 fully saturated rings. The summed E-state index contributed by atoms with van der Waals surface area (Å²) in [6.07, 6.45) is 3.71. The fraction of sp³-hybridized carbons (Fsp3) is 0.600. The van der Waals surface area contributed by atoms with Gasteiger partial charge in [-0.05, 0) is 63.0 Å². The van der Waals surface area contributed by atoms with Gasteiger partial charge in [0.05, 0.1) is 4.90 Å². The molecule has 0 amide bonds. The lowest BCUT2D eigenvalue weighted by Gasteiger charge is -2.26. The molecule has 0 aromatic heterocycles. The second-order valence-corrected chi connectivity index (χ2v) is 7.49. The number of nitrogens with two attached hydrogens (primary N) is 1. The van der Waals surface area contributed by atoms with Gasteiger partial charge in [0.25, 0.3) is 0 Å². The lowest BCUT2D eigenvalue weighted by molar-refractivity contribution is 0.233. The van der Waals surface area contributed by atoms with Crippen LogP contribution >= 0.6 is 0 Å². The van der Waals surface area contributed by atoms with E-state index in [2.05, 4.69) is 9.62 Å². The number of rotatable bonds is 5. The van der Waals surface area contributed by atoms with Crippen LogP contribution in [0.25, 0.3) is 0 Å². The summed E-state index contributed by atoms with van der Waals surface area (Å²) in [4.78, 5) is 2.67. The van der Waals surface area contributed by atoms with E-state index in [4.69, 9.17) is 5.73 Å². The van der Waals surface area contributed by atoms with E-state index in [-0.39, 0.29) is 0 Å². The predicted octanol–water partition coefficient (Wildman–Crippen LogP) is 1.65. The molecular weight excluding hydrogens is 286 g/mol. The van der Waals surface area contributed by atoms with E-state index in [1.54, 1.807) is 26.0 Å². The molecular formula is C15H25N3O2S. The Bertz CT molecular complexity index is 570. The first-order chi connectivity index (χ1) is 9.90. The van der Waals surface area contributed by atoms with Crippen molar-refractivity contribution in [1.82, 2.24) is 9.62 Å². The van der Waals surface area contributed by atoms with Crippen LogP contribution in [0.1, 0.15) is 30.4 Å². The van der Waals surface area contributed by atoms with Crippen molar-refractivity contribution in [1.29, 1.82) is 0 Å². The Morgan fingerprint density at radius 3 is 2.29 bits per heavy atom. The molecule has 0 radical (unpaired) electrons. The average molecular weight is 311 g/mol. The maximum absolute atomic E-state index is 12.5. The average Bonchev–Trinajstić information content (AvgIpc) is 2.38. The highest BCUT2D eigenvalue weighted by Crippen LogP contribution is 2.22. The summed E-state index contributed by atoms with van der Waals surface area (Å²) in [6.45, 7) is 6.92. The van der Waals surface area contributed by atoms with Crippen LogP contribution in [0.3, 0.4) is 0 Å². The van der Waals surface area contributed by atoms with Gasteiger partial charge in [0.2, 0.25) is 10.0 Å². The number of nitrogens with zero attached hydrogens (tertiary/aromatic N) is 1. The van der Waals surface area contributed by atoms with Crippen molar-refractivity contribution in [2.75, 3.05) is 31.9 Å². The van der Waals surface area contributed by atoms with Crippen molar-refractivity contribution in [3.05, 3.63) is 23.3 Å². The Labute approximate surface area is 127 Å². The van der Waals surface area contributed by atoms with Gasteiger partial charge < -0.3 is 10.6 Å². The van der Waals surface area contributed by atoms with Gasteiger partial charge in [-0.15, -0.1) is 0 Å². The minimum atomic E-state index is -3.47. The number of aryl methyl sites for hydroxylation is 2. The Kier molecular flexibility index (Phi) is 5.24. The number of hydrogen-bond donors (Lipinski definition) is 2. The second-order valence-electron chi connectivity index (χ2n) is 5.78. The molecule has 6 heteroatoms. The number of sulfonamides is 1. The van der Waals surface area contributed by atoms with Gasteiger partial charge in [-0.25, -0.2) is 13.1 Å². The Balaban J connectivity index is 2.01. The number of anilines is 1. The van der Waals surface area contributed by atoms with Crippen molar-refractivity contribution in [2.24, 2.45) is 0 Å². The number of piperidine rings is 1. The summed E-state index contributed by atoms with van der Waals surface area (Å²) in [7, 11) is -3.47. The topological polar surface area (TPSA) is 75.4 Å². The molecule has 0 bridgehead atoms. The fourth-order valence-corrected chi connectivity index (χ4v) is 4.47. The van der Waals surface area contributed by atoms with E-state index in [0.717, 1.165) is 19.6 Å². The van der Waals surface area contributed by atoms with Gasteiger partial charge in [-0.2, -0.15) is 0 Å². The van der Waals surface area contributed by atoms with Crippen LogP contribution in [0.4, 0.5) is 5.69 Å². The molecule has 5 nitrogen and oxygen atoms in total. The number of nitrogen functional groups attached to an aromatic ring is 1. The summed E-state index contributed by atoms with van der Waals surface area (Å²) < 4.78 is 27.6. The van der Waals surface area contributed by atoms with Gasteiger partial charge in [-0.3, -0.25) is 0 Å². The molecule has 1 aromatic carbocycles. The smallest absolute Gasteiger partial charge is 0.241 e. The second kappa shape index (κ2) is 6.77. The van der Waals surface area contributed by atoms with Crippen LogP contribution in [0, 0.1) is 13.8 Å². The van der Waals surface area contributed by atoms with E-state index in [1.807, 2.05) is 0 Å². The molecule has 1 heterocycles. The molecule has 0 aliphatic carbocycles. The summed E-state index contributed by atoms with van der Waals surface area (Å²) >= 11 is 0. The first kappa shape index (κ1) is 16.3. The fourth-order valence-electron chi connectivity index (χ4n) is 3.00. The van der Waals surface area contributed by atoms with Crippen molar-refractivity contribution >= 4 is 15.7 Å². The van der Waals surface area contributed by atoms with Crippen LogP contribution in [0.15, 0.2) is 17.0 Å². The highest BCUT2D eigenvalue weighted by molar-refractivity contribution is 7.89. The molecule has 1 aliphatic heterocycles. The van der Waals surface area contributed by atoms with Crippen LogP contribution in [-0.2, 0) is 10.0 Å². The molecule has 0 spiro atoms. The first-order valence-electron chi connectivity index (χ1n) is 7.49. The van der Waals surface area contributed by atoms with Crippen molar-refractivity contribution < 1.29 is 8.42 Å². The van der Waals surface area contributed by atoms with E-state index >= 15 is 0 Å². The van der Waals surface area contributed by atoms with Crippen LogP contribution in [0.2, 0.25) is 0 Å². The normalized spacial score (nSPS) is 17.0. The lowest BCUT2D eigenvalue weighted by atomic mass is 10.1. The maximum atomic E-state index is 12.5. The molecule has 1 saturated heterocycles. The quantitative estimate of drug-likeness (QED) is 0.811. The Hall–Kier alpha value is -1.11. The highest BCUT2D eigenvalue weighted by atomic mass is 32.2. The van der Waals surface area contributed by atoms with Gasteiger partial charge in [0, 0.05) is 18.8 Å². The molecule has 21 heavy (non-hydrogen) atoms. The molecule has 3 N–H and O–H groups in total. The third kappa shape index (κ3) is 4.18. The van der Waals surface area contributed by atoms with Crippen molar-refractivity contribution in [2.45, 2.75) is 38.0 Å². The van der Waals surface area contributed by atoms with E-state index in [9.17, 15) is 8.42 Å². The lowest BCUT2D eigenvalue weighted by Crippen LogP contribution is -2.37. The monoisotopic (exact) mass is 311 g/mol. The minimum Gasteiger partial charge on any atom is -0.399 e. The van der Waals surface area contributed by atoms with E-state index in [1.165, 1.54) is 19.3 Å². The van der Waals surface area contributed by atoms with Crippen LogP contribution < -0.4 is 10.5 Å². The van der Waals surface area contributed by atoms with Gasteiger partial charge in [0.15, 0.2) is 0 Å². The van der Waals surface area contributed by atoms with Gasteiger partial charge >= 0.3 is 0 Å². The molecule has 118 valence electrons. The minimum absolute atomic E-state index is 0.357. The largest absolute Gasteiger partial charge is 0.399 e. The van der Waals surface area contributed by atoms with Crippen LogP contribution in [-0.4, -0.2) is 39.5 Å². The van der Waals surface area contributed by atoms with Gasteiger partial charge in [0.1, 0.15) is 0 Å². The molecule has 0 unspecified atom stereocenters. The van der Waals surface area contributed by atoms with Gasteiger partial charge in [-0.1, -0.05) is 6.42 Å². The summed E-state index contributed by atoms with van der Waals surface area (Å²) in [5.41, 5.74) is 7.73. The van der Waals surface area contributed by atoms with Crippen molar-refractivity contribution in [3.63, 3.8) is 0 Å². The Morgan fingerprint density at radius 2 is 1.71 bits per heavy atom. The number of nitrogens with one attached hydrogen (secondary N) is 1. The predicted molar refractivity (Wildman–Crippen MR) is 85.8 cm³/mol. The standard InChI is InChI=1S/C15H25N3O2S/c1-12-10-14(16)11-13(2)15(12)21(19,20)17-6-9-18-7-4-3-5-8-18/h10-11,17H,3-9,16H2,1-2H3. The molecule has 1 aromatic rings. The first-order valence-corrected chi connectivity index (χ1v) is 8.97. The number of likely N-dealkylation sites (tertiary alicyclic amines) is 1. The molecule has 0 saturated carbocycles. The maximum Gasteiger partial charge on any atom is 0.241 e. The Morgan fingerprint density at radius 1 is 1.14 bits per heavy atom. The zero-order chi connectivity index (χ0) is 15.5. The SMILES string of the molecule is Cc1cc(N)cc(C)c1S(=O)(=O)NCCN1CCCCC1. The van der Waals surface area contributed by atoms with Crippen LogP contribution in [0.5, 0.6) is 0 Å². The summed E-state index contributed by atoms with van der Waals surface area (Å²) in [5.74, 6) is 0. The van der Waals surface area contributed by atoms with Crippen molar-refractivity contribution in [3.8, 4) is 0 Å². The zero-order valence-corrected chi connectivity index (χ0v) is 13.7. The summed E-state index contributed by atoms with van der Waals surface area (Å²) in [6, 6.07) is 3.40. The summed E-state index contributed by atoms with van der Waals surface area (Å²) in [5, 5.41) is 0. The molecule has 0 atom stereocenters. The van der Waals surface area contributed by atoms with E-state index < -0.39 is 10.0 Å².